The Balaban J connectivity index is 1.74. The normalized spacial score (nSPS) is 22.3. The van der Waals surface area contributed by atoms with Crippen LogP contribution in [-0.4, -0.2) is 24.0 Å². The molecule has 1 saturated heterocycles. The van der Waals surface area contributed by atoms with Crippen LogP contribution >= 0.6 is 11.6 Å². The second-order valence-electron chi connectivity index (χ2n) is 4.80. The third kappa shape index (κ3) is 1.97. The lowest BCUT2D eigenvalue weighted by molar-refractivity contribution is 0.163. The molecule has 2 aliphatic rings. The Morgan fingerprint density at radius 2 is 1.88 bits per heavy atom. The first kappa shape index (κ1) is 10.6. The molecule has 0 amide bonds. The summed E-state index contributed by atoms with van der Waals surface area (Å²) in [6, 6.07) is 7.07. The lowest BCUT2D eigenvalue weighted by Gasteiger charge is -2.31. The molecule has 1 N–H and O–H groups in total. The summed E-state index contributed by atoms with van der Waals surface area (Å²) < 4.78 is 0. The number of benzene rings is 1. The molecule has 0 saturated carbocycles. The van der Waals surface area contributed by atoms with E-state index in [-0.39, 0.29) is 0 Å². The molecule has 0 aliphatic carbocycles. The Morgan fingerprint density at radius 1 is 1.12 bits per heavy atom. The molecule has 1 aromatic carbocycles. The zero-order chi connectivity index (χ0) is 11.0. The number of hydrogen-bond donors (Lipinski definition) is 1. The first-order chi connectivity index (χ1) is 7.83. The van der Waals surface area contributed by atoms with Crippen molar-refractivity contribution in [2.45, 2.75) is 32.0 Å². The molecule has 0 spiro atoms. The number of fused-ring (bicyclic) bond motifs is 1. The monoisotopic (exact) mass is 236 g/mol. The predicted octanol–water partition coefficient (Wildman–Crippen LogP) is 2.41. The number of nitrogens with zero attached hydrogens (tertiary/aromatic N) is 1. The van der Waals surface area contributed by atoms with Crippen molar-refractivity contribution in [1.82, 2.24) is 10.2 Å². The van der Waals surface area contributed by atoms with Gasteiger partial charge in [0.05, 0.1) is 0 Å². The third-order valence-corrected chi connectivity index (χ3v) is 3.98. The molecule has 2 nitrogen and oxygen atoms in total. The van der Waals surface area contributed by atoms with Crippen LogP contribution in [0.15, 0.2) is 18.2 Å². The summed E-state index contributed by atoms with van der Waals surface area (Å²) >= 11 is 6.03. The Hall–Kier alpha value is -0.570. The van der Waals surface area contributed by atoms with Crippen molar-refractivity contribution in [3.8, 4) is 0 Å². The summed E-state index contributed by atoms with van der Waals surface area (Å²) in [6.07, 6.45) is 2.56. The maximum atomic E-state index is 6.03. The van der Waals surface area contributed by atoms with Gasteiger partial charge < -0.3 is 5.32 Å². The van der Waals surface area contributed by atoms with Crippen LogP contribution < -0.4 is 5.32 Å². The van der Waals surface area contributed by atoms with Gasteiger partial charge in [0, 0.05) is 24.2 Å². The number of halogens is 1. The average molecular weight is 237 g/mol. The summed E-state index contributed by atoms with van der Waals surface area (Å²) in [5.74, 6) is 0. The molecule has 0 atom stereocenters. The Bertz CT molecular complexity index is 386. The van der Waals surface area contributed by atoms with Crippen LogP contribution in [0.25, 0.3) is 0 Å². The molecule has 16 heavy (non-hydrogen) atoms. The molecule has 0 radical (unpaired) electrons. The molecular weight excluding hydrogens is 220 g/mol. The predicted molar refractivity (Wildman–Crippen MR) is 66.6 cm³/mol. The highest BCUT2D eigenvalue weighted by Gasteiger charge is 2.26. The average Bonchev–Trinajstić information content (AvgIpc) is 2.73. The van der Waals surface area contributed by atoms with Gasteiger partial charge in [-0.3, -0.25) is 4.90 Å². The highest BCUT2D eigenvalue weighted by atomic mass is 35.5. The van der Waals surface area contributed by atoms with Crippen LogP contribution in [0, 0.1) is 0 Å². The molecule has 3 rings (SSSR count). The van der Waals surface area contributed by atoms with E-state index in [1.54, 1.807) is 0 Å². The van der Waals surface area contributed by atoms with E-state index in [0.29, 0.717) is 0 Å². The van der Waals surface area contributed by atoms with Gasteiger partial charge in [0.15, 0.2) is 0 Å². The zero-order valence-electron chi connectivity index (χ0n) is 9.38. The van der Waals surface area contributed by atoms with E-state index in [4.69, 9.17) is 11.6 Å². The van der Waals surface area contributed by atoms with Gasteiger partial charge in [-0.1, -0.05) is 17.7 Å². The second-order valence-corrected chi connectivity index (χ2v) is 5.24. The van der Waals surface area contributed by atoms with Gasteiger partial charge in [-0.2, -0.15) is 0 Å². The van der Waals surface area contributed by atoms with E-state index in [1.807, 2.05) is 6.07 Å². The summed E-state index contributed by atoms with van der Waals surface area (Å²) in [6.45, 7) is 4.52. The lowest BCUT2D eigenvalue weighted by atomic mass is 10.1. The van der Waals surface area contributed by atoms with Crippen molar-refractivity contribution in [2.75, 3.05) is 13.1 Å². The first-order valence-corrected chi connectivity index (χ1v) is 6.43. The van der Waals surface area contributed by atoms with E-state index in [2.05, 4.69) is 22.3 Å². The number of hydrogen-bond acceptors (Lipinski definition) is 2. The SMILES string of the molecule is Clc1ccc2c(c1)CN(C1CCNCC1)C2. The molecule has 86 valence electrons. The minimum Gasteiger partial charge on any atom is -0.317 e. The molecule has 0 aromatic heterocycles. The van der Waals surface area contributed by atoms with Crippen molar-refractivity contribution in [3.63, 3.8) is 0 Å². The van der Waals surface area contributed by atoms with Crippen LogP contribution in [0.5, 0.6) is 0 Å². The van der Waals surface area contributed by atoms with Crippen LogP contribution in [0.4, 0.5) is 0 Å². The Labute approximate surface area is 102 Å². The molecule has 1 aromatic rings. The molecule has 2 aliphatic heterocycles. The number of nitrogens with one attached hydrogen (secondary N) is 1. The fourth-order valence-corrected chi connectivity index (χ4v) is 3.01. The van der Waals surface area contributed by atoms with E-state index in [0.717, 1.165) is 37.2 Å². The topological polar surface area (TPSA) is 15.3 Å². The van der Waals surface area contributed by atoms with Gasteiger partial charge in [0.2, 0.25) is 0 Å². The summed E-state index contributed by atoms with van der Waals surface area (Å²) in [5, 5.41) is 4.29. The van der Waals surface area contributed by atoms with Gasteiger partial charge in [-0.05, 0) is 49.2 Å². The molecule has 3 heteroatoms. The minimum absolute atomic E-state index is 0.757. The first-order valence-electron chi connectivity index (χ1n) is 6.05. The maximum Gasteiger partial charge on any atom is 0.0409 e. The van der Waals surface area contributed by atoms with E-state index >= 15 is 0 Å². The Morgan fingerprint density at radius 3 is 2.69 bits per heavy atom. The minimum atomic E-state index is 0.757. The zero-order valence-corrected chi connectivity index (χ0v) is 10.1. The number of piperidine rings is 1. The van der Waals surface area contributed by atoms with Crippen molar-refractivity contribution >= 4 is 11.6 Å². The van der Waals surface area contributed by atoms with E-state index < -0.39 is 0 Å². The highest BCUT2D eigenvalue weighted by Crippen LogP contribution is 2.29. The number of rotatable bonds is 1. The quantitative estimate of drug-likeness (QED) is 0.806. The smallest absolute Gasteiger partial charge is 0.0409 e. The van der Waals surface area contributed by atoms with Crippen molar-refractivity contribution in [2.24, 2.45) is 0 Å². The molecule has 0 bridgehead atoms. The van der Waals surface area contributed by atoms with Gasteiger partial charge >= 0.3 is 0 Å². The van der Waals surface area contributed by atoms with Crippen molar-refractivity contribution in [1.29, 1.82) is 0 Å². The van der Waals surface area contributed by atoms with Crippen LogP contribution in [0.3, 0.4) is 0 Å². The van der Waals surface area contributed by atoms with Gasteiger partial charge in [-0.15, -0.1) is 0 Å². The maximum absolute atomic E-state index is 6.03. The summed E-state index contributed by atoms with van der Waals surface area (Å²) in [7, 11) is 0. The standard InChI is InChI=1S/C13H17ClN2/c14-12-2-1-10-8-16(9-11(10)7-12)13-3-5-15-6-4-13/h1-2,7,13,15H,3-6,8-9H2. The molecular formula is C13H17ClN2. The Kier molecular flexibility index (Phi) is 2.88. The van der Waals surface area contributed by atoms with Gasteiger partial charge in [0.25, 0.3) is 0 Å². The highest BCUT2D eigenvalue weighted by molar-refractivity contribution is 6.30. The molecule has 0 unspecified atom stereocenters. The van der Waals surface area contributed by atoms with E-state index in [1.165, 1.54) is 24.0 Å². The largest absolute Gasteiger partial charge is 0.317 e. The lowest BCUT2D eigenvalue weighted by Crippen LogP contribution is -2.40. The fourth-order valence-electron chi connectivity index (χ4n) is 2.82. The van der Waals surface area contributed by atoms with Crippen molar-refractivity contribution in [3.05, 3.63) is 34.3 Å². The molecule has 2 heterocycles. The van der Waals surface area contributed by atoms with Crippen molar-refractivity contribution < 1.29 is 0 Å². The summed E-state index contributed by atoms with van der Waals surface area (Å²) in [5.41, 5.74) is 2.88. The van der Waals surface area contributed by atoms with Gasteiger partial charge in [-0.25, -0.2) is 0 Å². The van der Waals surface area contributed by atoms with Gasteiger partial charge in [0.1, 0.15) is 0 Å². The van der Waals surface area contributed by atoms with Crippen LogP contribution in [0.1, 0.15) is 24.0 Å². The molecule has 1 fully saturated rings. The van der Waals surface area contributed by atoms with Crippen LogP contribution in [0.2, 0.25) is 5.02 Å². The summed E-state index contributed by atoms with van der Waals surface area (Å²) in [4.78, 5) is 2.60. The van der Waals surface area contributed by atoms with Crippen LogP contribution in [-0.2, 0) is 13.1 Å². The second kappa shape index (κ2) is 4.36. The van der Waals surface area contributed by atoms with E-state index in [9.17, 15) is 0 Å². The fraction of sp³-hybridized carbons (Fsp3) is 0.538. The third-order valence-electron chi connectivity index (χ3n) is 3.74.